The maximum absolute atomic E-state index is 14.6. The molecular weight excluding hydrogens is 568 g/mol. The van der Waals surface area contributed by atoms with Crippen LogP contribution in [0.25, 0.3) is 11.1 Å². The van der Waals surface area contributed by atoms with Crippen molar-refractivity contribution >= 4 is 18.0 Å². The number of esters is 1. The maximum Gasteiger partial charge on any atom is 0.408 e. The summed E-state index contributed by atoms with van der Waals surface area (Å²) in [6, 6.07) is 32.4. The molecule has 2 aliphatic rings. The van der Waals surface area contributed by atoms with E-state index in [2.05, 4.69) is 29.6 Å². The SMILES string of the molecule is COC(=O)[C@H]1CC[C@@](Cc2ccccc2)(NC(=O)OCC2c3ccccc3-c3ccccc32)C(=O)N1Cc1ccc(OC)cc1. The van der Waals surface area contributed by atoms with E-state index in [1.54, 1.807) is 7.11 Å². The van der Waals surface area contributed by atoms with Gasteiger partial charge in [-0.1, -0.05) is 91.0 Å². The highest BCUT2D eigenvalue weighted by Crippen LogP contribution is 2.44. The second-order valence-electron chi connectivity index (χ2n) is 11.6. The number of nitrogens with zero attached hydrogens (tertiary/aromatic N) is 1. The van der Waals surface area contributed by atoms with Gasteiger partial charge in [0, 0.05) is 18.9 Å². The molecule has 1 aliphatic carbocycles. The van der Waals surface area contributed by atoms with Crippen molar-refractivity contribution in [3.63, 3.8) is 0 Å². The van der Waals surface area contributed by atoms with E-state index >= 15 is 0 Å². The lowest BCUT2D eigenvalue weighted by Crippen LogP contribution is -2.67. The fourth-order valence-electron chi connectivity index (χ4n) is 6.65. The fraction of sp³-hybridized carbons (Fsp3) is 0.270. The Hall–Kier alpha value is -5.11. The van der Waals surface area contributed by atoms with Gasteiger partial charge in [0.1, 0.15) is 23.9 Å². The summed E-state index contributed by atoms with van der Waals surface area (Å²) in [4.78, 5) is 42.6. The van der Waals surface area contributed by atoms with Gasteiger partial charge in [-0.05, 0) is 58.4 Å². The number of hydrogen-bond donors (Lipinski definition) is 1. The molecule has 1 N–H and O–H groups in total. The summed E-state index contributed by atoms with van der Waals surface area (Å²) in [6.07, 6.45) is 0.112. The van der Waals surface area contributed by atoms with Crippen LogP contribution in [0.5, 0.6) is 5.75 Å². The number of likely N-dealkylation sites (tertiary alicyclic amines) is 1. The number of fused-ring (bicyclic) bond motifs is 3. The third-order valence-electron chi connectivity index (χ3n) is 8.91. The summed E-state index contributed by atoms with van der Waals surface area (Å²) in [5, 5.41) is 2.99. The summed E-state index contributed by atoms with van der Waals surface area (Å²) in [5.74, 6) is -0.294. The van der Waals surface area contributed by atoms with Crippen LogP contribution < -0.4 is 10.1 Å². The zero-order valence-corrected chi connectivity index (χ0v) is 25.4. The van der Waals surface area contributed by atoms with Crippen molar-refractivity contribution in [2.75, 3.05) is 20.8 Å². The molecule has 0 unspecified atom stereocenters. The van der Waals surface area contributed by atoms with Gasteiger partial charge >= 0.3 is 12.1 Å². The first-order valence-electron chi connectivity index (χ1n) is 15.1. The van der Waals surface area contributed by atoms with E-state index < -0.39 is 23.6 Å². The Morgan fingerprint density at radius 2 is 1.44 bits per heavy atom. The molecule has 0 aromatic heterocycles. The topological polar surface area (TPSA) is 94.2 Å². The Kier molecular flexibility index (Phi) is 8.56. The molecule has 6 rings (SSSR count). The average molecular weight is 605 g/mol. The first kappa shape index (κ1) is 29.9. The van der Waals surface area contributed by atoms with E-state index in [-0.39, 0.29) is 37.8 Å². The molecule has 2 amide bonds. The van der Waals surface area contributed by atoms with E-state index in [1.165, 1.54) is 12.0 Å². The fourth-order valence-corrected chi connectivity index (χ4v) is 6.65. The predicted molar refractivity (Wildman–Crippen MR) is 170 cm³/mol. The molecule has 8 heteroatoms. The van der Waals surface area contributed by atoms with Crippen molar-refractivity contribution in [1.82, 2.24) is 10.2 Å². The Bertz CT molecular complexity index is 1640. The van der Waals surface area contributed by atoms with Crippen molar-refractivity contribution in [1.29, 1.82) is 0 Å². The van der Waals surface area contributed by atoms with Crippen molar-refractivity contribution in [2.45, 2.75) is 43.3 Å². The lowest BCUT2D eigenvalue weighted by atomic mass is 9.79. The quantitative estimate of drug-likeness (QED) is 0.240. The van der Waals surface area contributed by atoms with Crippen LogP contribution in [0.4, 0.5) is 4.79 Å². The Morgan fingerprint density at radius 3 is 2.07 bits per heavy atom. The highest BCUT2D eigenvalue weighted by atomic mass is 16.5. The minimum Gasteiger partial charge on any atom is -0.497 e. The highest BCUT2D eigenvalue weighted by Gasteiger charge is 2.51. The molecule has 1 heterocycles. The number of nitrogens with one attached hydrogen (secondary N) is 1. The molecular formula is C37H36N2O6. The predicted octanol–water partition coefficient (Wildman–Crippen LogP) is 5.88. The summed E-state index contributed by atoms with van der Waals surface area (Å²) < 4.78 is 16.3. The second kappa shape index (κ2) is 12.9. The van der Waals surface area contributed by atoms with Gasteiger partial charge in [-0.2, -0.15) is 0 Å². The van der Waals surface area contributed by atoms with E-state index in [1.807, 2.05) is 78.9 Å². The molecule has 0 spiro atoms. The number of alkyl carbamates (subject to hydrolysis) is 1. The van der Waals surface area contributed by atoms with Gasteiger partial charge < -0.3 is 24.4 Å². The summed E-state index contributed by atoms with van der Waals surface area (Å²) >= 11 is 0. The molecule has 0 radical (unpaired) electrons. The van der Waals surface area contributed by atoms with Crippen LogP contribution in [0.1, 0.15) is 41.0 Å². The Balaban J connectivity index is 1.27. The largest absolute Gasteiger partial charge is 0.497 e. The third kappa shape index (κ3) is 6.00. The van der Waals surface area contributed by atoms with E-state index in [4.69, 9.17) is 14.2 Å². The number of benzene rings is 4. The Morgan fingerprint density at radius 1 is 0.822 bits per heavy atom. The van der Waals surface area contributed by atoms with Crippen molar-refractivity contribution < 1.29 is 28.6 Å². The summed E-state index contributed by atoms with van der Waals surface area (Å²) in [6.45, 7) is 0.279. The lowest BCUT2D eigenvalue weighted by Gasteiger charge is -2.45. The van der Waals surface area contributed by atoms with E-state index in [9.17, 15) is 14.4 Å². The molecule has 8 nitrogen and oxygen atoms in total. The van der Waals surface area contributed by atoms with Crippen LogP contribution in [-0.4, -0.2) is 55.3 Å². The van der Waals surface area contributed by atoms with Crippen molar-refractivity contribution in [3.8, 4) is 16.9 Å². The zero-order valence-electron chi connectivity index (χ0n) is 25.4. The minimum atomic E-state index is -1.33. The summed E-state index contributed by atoms with van der Waals surface area (Å²) in [7, 11) is 2.91. The Labute approximate surface area is 262 Å². The molecule has 1 fully saturated rings. The molecule has 2 atom stereocenters. The van der Waals surface area contributed by atoms with Gasteiger partial charge in [-0.15, -0.1) is 0 Å². The molecule has 1 aliphatic heterocycles. The number of methoxy groups -OCH3 is 2. The lowest BCUT2D eigenvalue weighted by molar-refractivity contribution is -0.160. The average Bonchev–Trinajstić information content (AvgIpc) is 3.40. The first-order valence-corrected chi connectivity index (χ1v) is 15.1. The molecule has 4 aromatic carbocycles. The number of carbonyl (C=O) groups is 3. The van der Waals surface area contributed by atoms with Crippen molar-refractivity contribution in [3.05, 3.63) is 125 Å². The van der Waals surface area contributed by atoms with Crippen LogP contribution in [0.2, 0.25) is 0 Å². The van der Waals surface area contributed by atoms with Crippen LogP contribution in [0.15, 0.2) is 103 Å². The number of piperidine rings is 1. The maximum atomic E-state index is 14.6. The molecule has 1 saturated heterocycles. The number of carbonyl (C=O) groups excluding carboxylic acids is 3. The van der Waals surface area contributed by atoms with Gasteiger partial charge in [-0.3, -0.25) is 4.79 Å². The van der Waals surface area contributed by atoms with Crippen LogP contribution in [0.3, 0.4) is 0 Å². The molecule has 45 heavy (non-hydrogen) atoms. The van der Waals surface area contributed by atoms with Crippen LogP contribution in [-0.2, 0) is 32.0 Å². The van der Waals surface area contributed by atoms with E-state index in [0.29, 0.717) is 12.2 Å². The molecule has 0 bridgehead atoms. The third-order valence-corrected chi connectivity index (χ3v) is 8.91. The van der Waals surface area contributed by atoms with Crippen molar-refractivity contribution in [2.24, 2.45) is 0 Å². The number of hydrogen-bond acceptors (Lipinski definition) is 6. The zero-order chi connectivity index (χ0) is 31.4. The monoisotopic (exact) mass is 604 g/mol. The minimum absolute atomic E-state index is 0.120. The van der Waals surface area contributed by atoms with Gasteiger partial charge in [0.25, 0.3) is 0 Å². The summed E-state index contributed by atoms with van der Waals surface area (Å²) in [5.41, 5.74) is 4.83. The van der Waals surface area contributed by atoms with Gasteiger partial charge in [0.05, 0.1) is 14.2 Å². The van der Waals surface area contributed by atoms with Crippen LogP contribution in [0, 0.1) is 0 Å². The smallest absolute Gasteiger partial charge is 0.408 e. The number of rotatable bonds is 9. The van der Waals surface area contributed by atoms with Gasteiger partial charge in [0.2, 0.25) is 5.91 Å². The normalized spacial score (nSPS) is 18.9. The van der Waals surface area contributed by atoms with Gasteiger partial charge in [-0.25, -0.2) is 9.59 Å². The van der Waals surface area contributed by atoms with E-state index in [0.717, 1.165) is 33.4 Å². The highest BCUT2D eigenvalue weighted by molar-refractivity contribution is 5.95. The molecule has 0 saturated carbocycles. The van der Waals surface area contributed by atoms with Gasteiger partial charge in [0.15, 0.2) is 0 Å². The standard InChI is InChI=1S/C37H36N2O6/c1-43-27-18-16-26(17-19-27)23-39-33(34(40)44-2)20-21-37(35(39)41,22-25-10-4-3-5-11-25)38-36(42)45-24-32-30-14-8-6-12-28(30)29-13-7-9-15-31(29)32/h3-19,32-33H,20-24H2,1-2H3,(H,38,42)/t33-,37+/m1/s1. The number of ether oxygens (including phenoxy) is 3. The second-order valence-corrected chi connectivity index (χ2v) is 11.6. The number of amides is 2. The first-order chi connectivity index (χ1) is 21.9. The molecule has 230 valence electrons. The molecule has 4 aromatic rings. The van der Waals surface area contributed by atoms with Crippen LogP contribution >= 0.6 is 0 Å².